The highest BCUT2D eigenvalue weighted by atomic mass is 16.5. The summed E-state index contributed by atoms with van der Waals surface area (Å²) in [5.74, 6) is 1.93. The molecule has 2 heterocycles. The highest BCUT2D eigenvalue weighted by molar-refractivity contribution is 5.76. The molecule has 0 spiro atoms. The van der Waals surface area contributed by atoms with E-state index in [0.717, 1.165) is 17.0 Å². The summed E-state index contributed by atoms with van der Waals surface area (Å²) in [6.45, 7) is 0.432. The normalized spacial score (nSPS) is 10.5. The van der Waals surface area contributed by atoms with Crippen molar-refractivity contribution >= 4 is 5.91 Å². The van der Waals surface area contributed by atoms with Crippen LogP contribution in [-0.4, -0.2) is 28.2 Å². The van der Waals surface area contributed by atoms with Crippen LogP contribution in [0.2, 0.25) is 0 Å². The Bertz CT molecular complexity index is 779. The molecule has 2 aromatic heterocycles. The molecule has 0 unspecified atom stereocenters. The number of aryl methyl sites for hydroxylation is 1. The Balaban J connectivity index is 1.51. The van der Waals surface area contributed by atoms with Crippen LogP contribution in [0.15, 0.2) is 47.1 Å². The van der Waals surface area contributed by atoms with Crippen LogP contribution in [0.25, 0.3) is 11.3 Å². The highest BCUT2D eigenvalue weighted by Gasteiger charge is 2.09. The van der Waals surface area contributed by atoms with E-state index in [1.54, 1.807) is 19.5 Å². The van der Waals surface area contributed by atoms with Crippen molar-refractivity contribution < 1.29 is 13.9 Å². The molecule has 7 nitrogen and oxygen atoms in total. The second-order valence-corrected chi connectivity index (χ2v) is 5.21. The van der Waals surface area contributed by atoms with Crippen molar-refractivity contribution in [1.82, 2.24) is 20.5 Å². The van der Waals surface area contributed by atoms with Gasteiger partial charge >= 0.3 is 0 Å². The van der Waals surface area contributed by atoms with E-state index >= 15 is 0 Å². The van der Waals surface area contributed by atoms with E-state index in [2.05, 4.69) is 20.5 Å². The first-order valence-electron chi connectivity index (χ1n) is 7.58. The molecule has 0 aliphatic rings. The van der Waals surface area contributed by atoms with Crippen molar-refractivity contribution in [3.8, 4) is 17.1 Å². The van der Waals surface area contributed by atoms with Crippen LogP contribution in [0.5, 0.6) is 5.75 Å². The van der Waals surface area contributed by atoms with Crippen molar-refractivity contribution in [2.45, 2.75) is 19.4 Å². The number of aromatic amines is 1. The molecule has 0 saturated heterocycles. The van der Waals surface area contributed by atoms with Crippen LogP contribution in [0, 0.1) is 0 Å². The molecule has 2 N–H and O–H groups in total. The van der Waals surface area contributed by atoms with Crippen molar-refractivity contribution in [2.75, 3.05) is 7.11 Å². The van der Waals surface area contributed by atoms with Gasteiger partial charge in [-0.1, -0.05) is 0 Å². The van der Waals surface area contributed by atoms with Gasteiger partial charge in [0.2, 0.25) is 5.91 Å². The summed E-state index contributed by atoms with van der Waals surface area (Å²) < 4.78 is 10.8. The van der Waals surface area contributed by atoms with E-state index in [1.807, 2.05) is 30.3 Å². The summed E-state index contributed by atoms with van der Waals surface area (Å²) in [5, 5.41) is 9.43. The summed E-state index contributed by atoms with van der Waals surface area (Å²) in [5.41, 5.74) is 1.78. The molecule has 3 rings (SSSR count). The predicted molar refractivity (Wildman–Crippen MR) is 87.2 cm³/mol. The molecule has 0 saturated carbocycles. The Labute approximate surface area is 139 Å². The maximum atomic E-state index is 11.8. The Morgan fingerprint density at radius 1 is 1.29 bits per heavy atom. The highest BCUT2D eigenvalue weighted by Crippen LogP contribution is 2.23. The molecule has 1 amide bonds. The number of oxazole rings is 1. The number of H-pyrrole nitrogens is 1. The Morgan fingerprint density at radius 2 is 2.12 bits per heavy atom. The number of carbonyl (C=O) groups is 1. The van der Waals surface area contributed by atoms with Gasteiger partial charge in [0.15, 0.2) is 11.7 Å². The number of hydrogen-bond acceptors (Lipinski definition) is 5. The molecule has 24 heavy (non-hydrogen) atoms. The van der Waals surface area contributed by atoms with Crippen molar-refractivity contribution in [2.24, 2.45) is 0 Å². The monoisotopic (exact) mass is 326 g/mol. The molecular weight excluding hydrogens is 308 g/mol. The van der Waals surface area contributed by atoms with Gasteiger partial charge in [-0.15, -0.1) is 0 Å². The fourth-order valence-corrected chi connectivity index (χ4v) is 2.20. The van der Waals surface area contributed by atoms with Crippen molar-refractivity contribution in [1.29, 1.82) is 0 Å². The third-order valence-electron chi connectivity index (χ3n) is 3.53. The van der Waals surface area contributed by atoms with E-state index in [9.17, 15) is 4.79 Å². The Kier molecular flexibility index (Phi) is 4.90. The van der Waals surface area contributed by atoms with Crippen LogP contribution in [0.1, 0.15) is 18.0 Å². The van der Waals surface area contributed by atoms with Crippen molar-refractivity contribution in [3.05, 3.63) is 54.3 Å². The predicted octanol–water partition coefficient (Wildman–Crippen LogP) is 2.32. The number of carbonyl (C=O) groups excluding carboxylic acids is 1. The van der Waals surface area contributed by atoms with Gasteiger partial charge in [-0.25, -0.2) is 4.98 Å². The lowest BCUT2D eigenvalue weighted by Crippen LogP contribution is -2.23. The molecular formula is C17H18N4O3. The van der Waals surface area contributed by atoms with E-state index < -0.39 is 0 Å². The number of methoxy groups -OCH3 is 1. The topological polar surface area (TPSA) is 93.0 Å². The number of benzene rings is 1. The summed E-state index contributed by atoms with van der Waals surface area (Å²) in [4.78, 5) is 16.1. The third-order valence-corrected chi connectivity index (χ3v) is 3.53. The zero-order valence-corrected chi connectivity index (χ0v) is 13.3. The van der Waals surface area contributed by atoms with Gasteiger partial charge < -0.3 is 14.5 Å². The van der Waals surface area contributed by atoms with Gasteiger partial charge in [0.25, 0.3) is 0 Å². The maximum absolute atomic E-state index is 11.8. The maximum Gasteiger partial charge on any atom is 0.220 e. The van der Waals surface area contributed by atoms with Gasteiger partial charge in [-0.05, 0) is 30.3 Å². The second-order valence-electron chi connectivity index (χ2n) is 5.21. The number of amides is 1. The lowest BCUT2D eigenvalue weighted by atomic mass is 10.2. The first-order chi connectivity index (χ1) is 11.7. The van der Waals surface area contributed by atoms with Crippen molar-refractivity contribution in [3.63, 3.8) is 0 Å². The summed E-state index contributed by atoms with van der Waals surface area (Å²) >= 11 is 0. The van der Waals surface area contributed by atoms with Gasteiger partial charge in [-0.3, -0.25) is 9.89 Å². The number of ether oxygens (including phenoxy) is 1. The Hall–Kier alpha value is -3.09. The standard InChI is InChI=1S/C17H18N4O3/c1-23-14-4-2-12(3-5-14)15-11-19-17(24-15)7-6-16(22)18-10-13-8-9-20-21-13/h2-5,8-9,11H,6-7,10H2,1H3,(H,18,22)(H,20,21). The van der Waals surface area contributed by atoms with E-state index in [1.165, 1.54) is 0 Å². The lowest BCUT2D eigenvalue weighted by Gasteiger charge is -2.02. The van der Waals surface area contributed by atoms with E-state index in [-0.39, 0.29) is 5.91 Å². The molecule has 0 bridgehead atoms. The lowest BCUT2D eigenvalue weighted by molar-refractivity contribution is -0.121. The quantitative estimate of drug-likeness (QED) is 0.695. The molecule has 124 valence electrons. The van der Waals surface area contributed by atoms with Gasteiger partial charge in [-0.2, -0.15) is 5.10 Å². The summed E-state index contributed by atoms with van der Waals surface area (Å²) in [6.07, 6.45) is 4.08. The molecule has 7 heteroatoms. The molecule has 0 aliphatic heterocycles. The second kappa shape index (κ2) is 7.45. The smallest absolute Gasteiger partial charge is 0.220 e. The number of rotatable bonds is 7. The summed E-state index contributed by atoms with van der Waals surface area (Å²) in [7, 11) is 1.62. The van der Waals surface area contributed by atoms with Crippen LogP contribution < -0.4 is 10.1 Å². The molecule has 1 aromatic carbocycles. The molecule has 0 radical (unpaired) electrons. The number of nitrogens with one attached hydrogen (secondary N) is 2. The van der Waals surface area contributed by atoms with Crippen LogP contribution >= 0.6 is 0 Å². The SMILES string of the molecule is COc1ccc(-c2cnc(CCC(=O)NCc3ccn[nH]3)o2)cc1. The molecule has 0 atom stereocenters. The first-order valence-corrected chi connectivity index (χ1v) is 7.58. The fraction of sp³-hybridized carbons (Fsp3) is 0.235. The van der Waals surface area contributed by atoms with Gasteiger partial charge in [0, 0.05) is 24.6 Å². The fourth-order valence-electron chi connectivity index (χ4n) is 2.20. The van der Waals surface area contributed by atoms with Crippen LogP contribution in [0.3, 0.4) is 0 Å². The number of hydrogen-bond donors (Lipinski definition) is 2. The van der Waals surface area contributed by atoms with Crippen LogP contribution in [-0.2, 0) is 17.8 Å². The zero-order chi connectivity index (χ0) is 16.8. The minimum Gasteiger partial charge on any atom is -0.497 e. The average Bonchev–Trinajstić information content (AvgIpc) is 3.30. The number of aromatic nitrogens is 3. The molecule has 0 aliphatic carbocycles. The first kappa shape index (κ1) is 15.8. The molecule has 3 aromatic rings. The van der Waals surface area contributed by atoms with Crippen LogP contribution in [0.4, 0.5) is 0 Å². The van der Waals surface area contributed by atoms with E-state index in [4.69, 9.17) is 9.15 Å². The molecule has 0 fully saturated rings. The Morgan fingerprint density at radius 3 is 2.83 bits per heavy atom. The average molecular weight is 326 g/mol. The summed E-state index contributed by atoms with van der Waals surface area (Å²) in [6, 6.07) is 9.34. The third kappa shape index (κ3) is 4.01. The van der Waals surface area contributed by atoms with Gasteiger partial charge in [0.1, 0.15) is 5.75 Å². The minimum atomic E-state index is -0.0613. The van der Waals surface area contributed by atoms with E-state index in [0.29, 0.717) is 31.0 Å². The minimum absolute atomic E-state index is 0.0613. The largest absolute Gasteiger partial charge is 0.497 e. The zero-order valence-electron chi connectivity index (χ0n) is 13.3. The van der Waals surface area contributed by atoms with Gasteiger partial charge in [0.05, 0.1) is 25.5 Å². The number of nitrogens with zero attached hydrogens (tertiary/aromatic N) is 2.